The molecule has 1 saturated carbocycles. The number of hydrogen-bond donors (Lipinski definition) is 3. The van der Waals surface area contributed by atoms with E-state index in [1.807, 2.05) is 13.1 Å². The first-order valence-corrected chi connectivity index (χ1v) is 9.82. The predicted molar refractivity (Wildman–Crippen MR) is 104 cm³/mol. The van der Waals surface area contributed by atoms with Crippen molar-refractivity contribution in [2.45, 2.75) is 44.2 Å². The fraction of sp³-hybridized carbons (Fsp3) is 0.368. The highest BCUT2D eigenvalue weighted by Gasteiger charge is 2.52. The number of aromatic nitrogens is 5. The van der Waals surface area contributed by atoms with Gasteiger partial charge in [0.05, 0.1) is 28.4 Å². The average molecular weight is 416 g/mol. The van der Waals surface area contributed by atoms with Gasteiger partial charge < -0.3 is 10.2 Å². The van der Waals surface area contributed by atoms with Crippen LogP contribution in [0.15, 0.2) is 24.4 Å². The Morgan fingerprint density at radius 1 is 1.41 bits per heavy atom. The van der Waals surface area contributed by atoms with Gasteiger partial charge in [0.15, 0.2) is 0 Å². The van der Waals surface area contributed by atoms with Gasteiger partial charge in [0.25, 0.3) is 0 Å². The van der Waals surface area contributed by atoms with Crippen LogP contribution in [0.25, 0.3) is 0 Å². The van der Waals surface area contributed by atoms with Crippen molar-refractivity contribution in [3.63, 3.8) is 0 Å². The summed E-state index contributed by atoms with van der Waals surface area (Å²) in [5.41, 5.74) is 4.13. The number of fused-ring (bicyclic) bond motifs is 1. The van der Waals surface area contributed by atoms with Crippen LogP contribution in [0, 0.1) is 5.82 Å². The molecule has 1 aliphatic heterocycles. The molecule has 1 atom stereocenters. The minimum atomic E-state index is -0.522. The number of aromatic amines is 2. The molecule has 2 amide bonds. The number of nitrogens with zero attached hydrogens (tertiary/aromatic N) is 4. The average Bonchev–Trinajstić information content (AvgIpc) is 3.13. The number of benzene rings is 1. The summed E-state index contributed by atoms with van der Waals surface area (Å²) in [5.74, 6) is -0.522. The highest BCUT2D eigenvalue weighted by molar-refractivity contribution is 6.31. The number of urea groups is 1. The van der Waals surface area contributed by atoms with Crippen molar-refractivity contribution in [1.29, 1.82) is 0 Å². The third-order valence-electron chi connectivity index (χ3n) is 5.85. The van der Waals surface area contributed by atoms with Crippen LogP contribution in [0.5, 0.6) is 0 Å². The van der Waals surface area contributed by atoms with E-state index < -0.39 is 5.82 Å². The van der Waals surface area contributed by atoms with Gasteiger partial charge in [-0.3, -0.25) is 10.2 Å². The number of halogens is 2. The smallest absolute Gasteiger partial charge is 0.317 e. The molecule has 1 aromatic carbocycles. The highest BCUT2D eigenvalue weighted by Crippen LogP contribution is 2.53. The summed E-state index contributed by atoms with van der Waals surface area (Å²) in [4.78, 5) is 14.7. The van der Waals surface area contributed by atoms with E-state index in [-0.39, 0.29) is 22.5 Å². The molecule has 0 radical (unpaired) electrons. The summed E-state index contributed by atoms with van der Waals surface area (Å²) < 4.78 is 13.4. The van der Waals surface area contributed by atoms with E-state index >= 15 is 0 Å². The lowest BCUT2D eigenvalue weighted by atomic mass is 9.91. The maximum absolute atomic E-state index is 13.4. The second-order valence-electron chi connectivity index (χ2n) is 7.71. The Bertz CT molecular complexity index is 1080. The molecule has 3 N–H and O–H groups in total. The molecule has 1 fully saturated rings. The zero-order valence-electron chi connectivity index (χ0n) is 15.7. The topological polar surface area (TPSA) is 103 Å². The van der Waals surface area contributed by atoms with Gasteiger partial charge in [-0.2, -0.15) is 5.10 Å². The normalized spacial score (nSPS) is 19.7. The van der Waals surface area contributed by atoms with Crippen LogP contribution in [0.3, 0.4) is 0 Å². The molecule has 5 rings (SSSR count). The monoisotopic (exact) mass is 415 g/mol. The zero-order valence-corrected chi connectivity index (χ0v) is 16.4. The first kappa shape index (κ1) is 18.1. The molecule has 8 nitrogen and oxygen atoms in total. The maximum atomic E-state index is 13.4. The Labute approximate surface area is 170 Å². The highest BCUT2D eigenvalue weighted by atomic mass is 35.5. The summed E-state index contributed by atoms with van der Waals surface area (Å²) in [6.45, 7) is 2.42. The largest absolute Gasteiger partial charge is 0.322 e. The first-order valence-electron chi connectivity index (χ1n) is 9.44. The van der Waals surface area contributed by atoms with Crippen molar-refractivity contribution in [3.8, 4) is 0 Å². The zero-order chi connectivity index (χ0) is 20.2. The van der Waals surface area contributed by atoms with Crippen LogP contribution in [0.4, 0.5) is 14.9 Å². The second-order valence-corrected chi connectivity index (χ2v) is 8.12. The molecule has 10 heteroatoms. The Morgan fingerprint density at radius 2 is 2.24 bits per heavy atom. The Balaban J connectivity index is 1.41. The number of amides is 2. The molecule has 1 aliphatic carbocycles. The summed E-state index contributed by atoms with van der Waals surface area (Å²) in [6, 6.07) is 3.85. The molecule has 29 heavy (non-hydrogen) atoms. The number of carbonyl (C=O) groups excluding carboxylic acids is 1. The summed E-state index contributed by atoms with van der Waals surface area (Å²) in [7, 11) is 0. The van der Waals surface area contributed by atoms with Crippen LogP contribution in [0.1, 0.15) is 42.4 Å². The Morgan fingerprint density at radius 3 is 2.93 bits per heavy atom. The van der Waals surface area contributed by atoms with Crippen LogP contribution in [0.2, 0.25) is 5.02 Å². The second kappa shape index (κ2) is 6.55. The summed E-state index contributed by atoms with van der Waals surface area (Å²) in [5, 5.41) is 21.4. The lowest BCUT2D eigenvalue weighted by Crippen LogP contribution is -2.45. The van der Waals surface area contributed by atoms with E-state index in [1.165, 1.54) is 18.2 Å². The van der Waals surface area contributed by atoms with Crippen LogP contribution in [-0.2, 0) is 18.4 Å². The first-order chi connectivity index (χ1) is 14.0. The van der Waals surface area contributed by atoms with Crippen molar-refractivity contribution in [1.82, 2.24) is 30.5 Å². The molecular formula is C19H19ClFN7O. The Kier molecular flexibility index (Phi) is 4.09. The van der Waals surface area contributed by atoms with Crippen molar-refractivity contribution in [2.24, 2.45) is 0 Å². The van der Waals surface area contributed by atoms with Gasteiger partial charge in [0.2, 0.25) is 0 Å². The van der Waals surface area contributed by atoms with E-state index in [4.69, 9.17) is 11.6 Å². The minimum Gasteiger partial charge on any atom is -0.317 e. The SMILES string of the molecule is CC1Cc2[nH]nc(C3(c4c[nH]nn4)CC3)c2CN1C(=O)Nc1ccc(F)c(Cl)c1. The number of nitrogens with one attached hydrogen (secondary N) is 3. The molecule has 0 bridgehead atoms. The van der Waals surface area contributed by atoms with Crippen LogP contribution in [-0.4, -0.2) is 42.6 Å². The van der Waals surface area contributed by atoms with E-state index in [9.17, 15) is 9.18 Å². The molecule has 3 aromatic rings. The fourth-order valence-corrected chi connectivity index (χ4v) is 4.26. The lowest BCUT2D eigenvalue weighted by Gasteiger charge is -2.34. The number of hydrogen-bond acceptors (Lipinski definition) is 4. The van der Waals surface area contributed by atoms with Crippen molar-refractivity contribution >= 4 is 23.3 Å². The van der Waals surface area contributed by atoms with Crippen molar-refractivity contribution in [2.75, 3.05) is 5.32 Å². The fourth-order valence-electron chi connectivity index (χ4n) is 4.08. The molecule has 3 heterocycles. The predicted octanol–water partition coefficient (Wildman–Crippen LogP) is 3.38. The third kappa shape index (κ3) is 2.96. The molecule has 150 valence electrons. The summed E-state index contributed by atoms with van der Waals surface area (Å²) >= 11 is 5.82. The molecule has 2 aliphatic rings. The standard InChI is InChI=1S/C19H19ClFN7O/c1-10-6-15-12(17(26-24-15)19(4-5-19)16-8-22-27-25-16)9-28(10)18(29)23-11-2-3-14(21)13(20)7-11/h2-3,7-8,10H,4-6,9H2,1H3,(H,23,29)(H,24,26)(H,22,25,27). The summed E-state index contributed by atoms with van der Waals surface area (Å²) in [6.07, 6.45) is 4.39. The van der Waals surface area contributed by atoms with E-state index in [2.05, 4.69) is 30.9 Å². The van der Waals surface area contributed by atoms with Gasteiger partial charge in [-0.25, -0.2) is 9.18 Å². The van der Waals surface area contributed by atoms with Gasteiger partial charge in [0, 0.05) is 35.6 Å². The van der Waals surface area contributed by atoms with Gasteiger partial charge >= 0.3 is 6.03 Å². The van der Waals surface area contributed by atoms with Crippen molar-refractivity contribution < 1.29 is 9.18 Å². The number of rotatable bonds is 3. The number of H-pyrrole nitrogens is 2. The maximum Gasteiger partial charge on any atom is 0.322 e. The Hall–Kier alpha value is -2.94. The van der Waals surface area contributed by atoms with E-state index in [0.29, 0.717) is 18.7 Å². The quantitative estimate of drug-likeness (QED) is 0.610. The third-order valence-corrected chi connectivity index (χ3v) is 6.14. The van der Waals surface area contributed by atoms with Gasteiger partial charge in [-0.15, -0.1) is 5.10 Å². The molecule has 2 aromatic heterocycles. The van der Waals surface area contributed by atoms with Gasteiger partial charge in [-0.05, 0) is 38.0 Å². The van der Waals surface area contributed by atoms with Gasteiger partial charge in [0.1, 0.15) is 5.82 Å². The minimum absolute atomic E-state index is 0.0195. The van der Waals surface area contributed by atoms with Crippen LogP contribution < -0.4 is 5.32 Å². The van der Waals surface area contributed by atoms with Gasteiger partial charge in [-0.1, -0.05) is 16.8 Å². The molecular weight excluding hydrogens is 397 g/mol. The molecule has 0 spiro atoms. The molecule has 0 saturated heterocycles. The van der Waals surface area contributed by atoms with Crippen LogP contribution >= 0.6 is 11.6 Å². The molecule has 1 unspecified atom stereocenters. The van der Waals surface area contributed by atoms with E-state index in [1.54, 1.807) is 4.90 Å². The number of anilines is 1. The van der Waals surface area contributed by atoms with Crippen molar-refractivity contribution in [3.05, 3.63) is 57.9 Å². The lowest BCUT2D eigenvalue weighted by molar-refractivity contribution is 0.181. The van der Waals surface area contributed by atoms with E-state index in [0.717, 1.165) is 35.5 Å². The number of carbonyl (C=O) groups is 1.